The van der Waals surface area contributed by atoms with Crippen LogP contribution in [0.1, 0.15) is 51.5 Å². The summed E-state index contributed by atoms with van der Waals surface area (Å²) in [4.78, 5) is 25.7. The largest absolute Gasteiger partial charge is 0.484 e. The molecular weight excluding hydrogens is 318 g/mol. The summed E-state index contributed by atoms with van der Waals surface area (Å²) in [5.74, 6) is 0.310. The number of carbonyl (C=O) groups is 2. The molecule has 0 spiro atoms. The van der Waals surface area contributed by atoms with Gasteiger partial charge in [-0.05, 0) is 32.4 Å². The third-order valence-corrected chi connectivity index (χ3v) is 3.91. The lowest BCUT2D eigenvalue weighted by molar-refractivity contribution is -0.144. The van der Waals surface area contributed by atoms with Gasteiger partial charge in [-0.1, -0.05) is 43.9 Å². The van der Waals surface area contributed by atoms with Gasteiger partial charge in [0.25, 0.3) is 5.91 Å². The number of hydrogen-bond donors (Lipinski definition) is 0. The monoisotopic (exact) mass is 349 g/mol. The van der Waals surface area contributed by atoms with E-state index in [0.717, 1.165) is 31.2 Å². The number of aryl methyl sites for hydroxylation is 1. The summed E-state index contributed by atoms with van der Waals surface area (Å²) in [6.07, 6.45) is 4.54. The van der Waals surface area contributed by atoms with E-state index in [9.17, 15) is 9.59 Å². The molecular formula is C20H31NO4. The van der Waals surface area contributed by atoms with E-state index in [1.54, 1.807) is 11.8 Å². The lowest BCUT2D eigenvalue weighted by Crippen LogP contribution is -2.37. The Morgan fingerprint density at radius 1 is 1.00 bits per heavy atom. The van der Waals surface area contributed by atoms with Gasteiger partial charge in [0.2, 0.25) is 0 Å². The molecule has 25 heavy (non-hydrogen) atoms. The number of benzene rings is 1. The van der Waals surface area contributed by atoms with E-state index in [2.05, 4.69) is 6.92 Å². The van der Waals surface area contributed by atoms with Crippen molar-refractivity contribution < 1.29 is 19.1 Å². The summed E-state index contributed by atoms with van der Waals surface area (Å²) in [5, 5.41) is 0. The van der Waals surface area contributed by atoms with Crippen LogP contribution in [0.25, 0.3) is 0 Å². The Balaban J connectivity index is 2.50. The first kappa shape index (κ1) is 21.0. The van der Waals surface area contributed by atoms with Crippen molar-refractivity contribution in [3.8, 4) is 5.75 Å². The van der Waals surface area contributed by atoms with Crippen LogP contribution in [-0.2, 0) is 14.3 Å². The Morgan fingerprint density at radius 2 is 1.72 bits per heavy atom. The number of unbranched alkanes of at least 4 members (excludes halogenated alkanes) is 3. The molecule has 0 fully saturated rings. The molecule has 0 atom stereocenters. The minimum atomic E-state index is -0.270. The van der Waals surface area contributed by atoms with Gasteiger partial charge in [0.1, 0.15) is 5.75 Å². The first-order valence-corrected chi connectivity index (χ1v) is 9.19. The van der Waals surface area contributed by atoms with Crippen molar-refractivity contribution in [2.24, 2.45) is 0 Å². The van der Waals surface area contributed by atoms with Gasteiger partial charge in [0.15, 0.2) is 6.61 Å². The molecule has 0 aliphatic carbocycles. The molecule has 1 aromatic rings. The van der Waals surface area contributed by atoms with Crippen molar-refractivity contribution >= 4 is 11.9 Å². The van der Waals surface area contributed by atoms with E-state index >= 15 is 0 Å². The smallest absolute Gasteiger partial charge is 0.307 e. The summed E-state index contributed by atoms with van der Waals surface area (Å²) < 4.78 is 10.5. The second-order valence-electron chi connectivity index (χ2n) is 6.10. The van der Waals surface area contributed by atoms with Crippen LogP contribution in [0.15, 0.2) is 24.3 Å². The van der Waals surface area contributed by atoms with Gasteiger partial charge < -0.3 is 14.4 Å². The second kappa shape index (κ2) is 12.3. The average molecular weight is 349 g/mol. The van der Waals surface area contributed by atoms with Crippen LogP contribution < -0.4 is 4.74 Å². The molecule has 0 radical (unpaired) electrons. The molecule has 1 aromatic carbocycles. The molecule has 0 unspecified atom stereocenters. The summed E-state index contributed by atoms with van der Waals surface area (Å²) in [5.41, 5.74) is 1.14. The quantitative estimate of drug-likeness (QED) is 0.426. The number of ether oxygens (including phenoxy) is 2. The van der Waals surface area contributed by atoms with Crippen LogP contribution in [0.4, 0.5) is 0 Å². The molecule has 0 N–H and O–H groups in total. The third kappa shape index (κ3) is 9.13. The topological polar surface area (TPSA) is 55.8 Å². The molecule has 0 heterocycles. The molecule has 5 heteroatoms. The zero-order valence-corrected chi connectivity index (χ0v) is 15.8. The van der Waals surface area contributed by atoms with Gasteiger partial charge in [-0.2, -0.15) is 0 Å². The van der Waals surface area contributed by atoms with Gasteiger partial charge >= 0.3 is 5.97 Å². The van der Waals surface area contributed by atoms with Crippen LogP contribution in [-0.4, -0.2) is 43.1 Å². The molecule has 140 valence electrons. The molecule has 0 aliphatic heterocycles. The zero-order chi connectivity index (χ0) is 18.5. The van der Waals surface area contributed by atoms with Gasteiger partial charge in [-0.3, -0.25) is 9.59 Å². The van der Waals surface area contributed by atoms with Crippen LogP contribution in [0, 0.1) is 6.92 Å². The fourth-order valence-corrected chi connectivity index (χ4v) is 2.42. The highest BCUT2D eigenvalue weighted by Crippen LogP contribution is 2.12. The van der Waals surface area contributed by atoms with Crippen LogP contribution in [0.5, 0.6) is 5.75 Å². The van der Waals surface area contributed by atoms with Crippen LogP contribution >= 0.6 is 0 Å². The number of carbonyl (C=O) groups excluding carboxylic acids is 2. The number of esters is 1. The minimum absolute atomic E-state index is 0.0142. The standard InChI is InChI=1S/C20H31NO4/c1-4-6-7-8-14-21(15-13-20(23)24-5-2)19(22)16-25-18-11-9-17(3)10-12-18/h9-12H,4-8,13-16H2,1-3H3. The summed E-state index contributed by atoms with van der Waals surface area (Å²) in [6.45, 7) is 7.30. The normalized spacial score (nSPS) is 10.4. The van der Waals surface area contributed by atoms with E-state index in [-0.39, 0.29) is 24.9 Å². The predicted molar refractivity (Wildman–Crippen MR) is 98.6 cm³/mol. The molecule has 0 aliphatic rings. The number of rotatable bonds is 12. The van der Waals surface area contributed by atoms with E-state index in [0.29, 0.717) is 25.4 Å². The lowest BCUT2D eigenvalue weighted by Gasteiger charge is -2.22. The maximum Gasteiger partial charge on any atom is 0.307 e. The Bertz CT molecular complexity index is 513. The van der Waals surface area contributed by atoms with Crippen molar-refractivity contribution in [2.45, 2.75) is 52.9 Å². The van der Waals surface area contributed by atoms with E-state index in [1.807, 2.05) is 31.2 Å². The third-order valence-electron chi connectivity index (χ3n) is 3.91. The molecule has 5 nitrogen and oxygen atoms in total. The lowest BCUT2D eigenvalue weighted by atomic mass is 10.2. The highest BCUT2D eigenvalue weighted by atomic mass is 16.5. The second-order valence-corrected chi connectivity index (χ2v) is 6.10. The van der Waals surface area contributed by atoms with Crippen molar-refractivity contribution in [2.75, 3.05) is 26.3 Å². The molecule has 0 saturated carbocycles. The molecule has 1 amide bonds. The minimum Gasteiger partial charge on any atom is -0.484 e. The first-order chi connectivity index (χ1) is 12.1. The van der Waals surface area contributed by atoms with Gasteiger partial charge in [0.05, 0.1) is 13.0 Å². The Kier molecular flexibility index (Phi) is 10.4. The van der Waals surface area contributed by atoms with Crippen molar-refractivity contribution in [1.29, 1.82) is 0 Å². The highest BCUT2D eigenvalue weighted by molar-refractivity contribution is 5.78. The average Bonchev–Trinajstić information content (AvgIpc) is 2.60. The molecule has 0 saturated heterocycles. The van der Waals surface area contributed by atoms with Gasteiger partial charge in [0, 0.05) is 13.1 Å². The van der Waals surface area contributed by atoms with E-state index < -0.39 is 0 Å². The number of hydrogen-bond acceptors (Lipinski definition) is 4. The van der Waals surface area contributed by atoms with Crippen LogP contribution in [0.3, 0.4) is 0 Å². The fourth-order valence-electron chi connectivity index (χ4n) is 2.42. The Morgan fingerprint density at radius 3 is 2.36 bits per heavy atom. The maximum atomic E-state index is 12.5. The van der Waals surface area contributed by atoms with E-state index in [4.69, 9.17) is 9.47 Å². The van der Waals surface area contributed by atoms with Gasteiger partial charge in [-0.25, -0.2) is 0 Å². The SMILES string of the molecule is CCCCCCN(CCC(=O)OCC)C(=O)COc1ccc(C)cc1. The maximum absolute atomic E-state index is 12.5. The highest BCUT2D eigenvalue weighted by Gasteiger charge is 2.16. The van der Waals surface area contributed by atoms with Crippen molar-refractivity contribution in [1.82, 2.24) is 4.90 Å². The van der Waals surface area contributed by atoms with E-state index in [1.165, 1.54) is 0 Å². The summed E-state index contributed by atoms with van der Waals surface area (Å²) in [6, 6.07) is 7.60. The first-order valence-electron chi connectivity index (χ1n) is 9.19. The Hall–Kier alpha value is -2.04. The zero-order valence-electron chi connectivity index (χ0n) is 15.8. The fraction of sp³-hybridized carbons (Fsp3) is 0.600. The molecule has 0 aromatic heterocycles. The number of amides is 1. The Labute approximate surface area is 151 Å². The number of nitrogens with zero attached hydrogens (tertiary/aromatic N) is 1. The molecule has 1 rings (SSSR count). The van der Waals surface area contributed by atoms with Gasteiger partial charge in [-0.15, -0.1) is 0 Å². The van der Waals surface area contributed by atoms with Crippen LogP contribution in [0.2, 0.25) is 0 Å². The van der Waals surface area contributed by atoms with Crippen molar-refractivity contribution in [3.05, 3.63) is 29.8 Å². The molecule has 0 bridgehead atoms. The summed E-state index contributed by atoms with van der Waals surface area (Å²) >= 11 is 0. The predicted octanol–water partition coefficient (Wildman–Crippen LogP) is 3.74. The summed E-state index contributed by atoms with van der Waals surface area (Å²) in [7, 11) is 0. The van der Waals surface area contributed by atoms with Crippen molar-refractivity contribution in [3.63, 3.8) is 0 Å².